The molecule has 21 heavy (non-hydrogen) atoms. The largest absolute Gasteiger partial charge is 0.382 e. The molecule has 120 valence electrons. The van der Waals surface area contributed by atoms with Crippen LogP contribution in [0.3, 0.4) is 0 Å². The second kappa shape index (κ2) is 7.60. The third kappa shape index (κ3) is 5.16. The first kappa shape index (κ1) is 17.7. The van der Waals surface area contributed by atoms with Gasteiger partial charge in [-0.25, -0.2) is 8.42 Å². The Morgan fingerprint density at radius 2 is 2.10 bits per heavy atom. The van der Waals surface area contributed by atoms with Crippen molar-refractivity contribution in [1.82, 2.24) is 9.69 Å². The lowest BCUT2D eigenvalue weighted by molar-refractivity contribution is -0.121. The van der Waals surface area contributed by atoms with Gasteiger partial charge >= 0.3 is 0 Å². The zero-order valence-corrected chi connectivity index (χ0v) is 14.1. The molecular weight excluding hydrogens is 312 g/mol. The molecule has 0 saturated carbocycles. The summed E-state index contributed by atoms with van der Waals surface area (Å²) < 4.78 is 28.2. The van der Waals surface area contributed by atoms with Gasteiger partial charge in [0.2, 0.25) is 5.91 Å². The summed E-state index contributed by atoms with van der Waals surface area (Å²) in [6.07, 6.45) is 0.761. The molecule has 7 nitrogen and oxygen atoms in total. The van der Waals surface area contributed by atoms with Gasteiger partial charge in [-0.1, -0.05) is 6.92 Å². The van der Waals surface area contributed by atoms with Crippen molar-refractivity contribution < 1.29 is 13.2 Å². The van der Waals surface area contributed by atoms with Crippen molar-refractivity contribution in [2.24, 2.45) is 0 Å². The lowest BCUT2D eigenvalue weighted by Crippen LogP contribution is -2.31. The average molecular weight is 334 g/mol. The molecule has 1 rings (SSSR count). The minimum Gasteiger partial charge on any atom is -0.382 e. The molecule has 0 radical (unpaired) electrons. The normalized spacial score (nSPS) is 11.6. The van der Waals surface area contributed by atoms with Gasteiger partial charge in [-0.15, -0.1) is 0 Å². The van der Waals surface area contributed by atoms with Crippen molar-refractivity contribution in [1.29, 1.82) is 0 Å². The first-order valence-corrected chi connectivity index (χ1v) is 9.21. The van der Waals surface area contributed by atoms with E-state index in [4.69, 9.17) is 5.73 Å². The predicted molar refractivity (Wildman–Crippen MR) is 85.3 cm³/mol. The summed E-state index contributed by atoms with van der Waals surface area (Å²) >= 11 is 0.997. The van der Waals surface area contributed by atoms with E-state index in [1.807, 2.05) is 13.8 Å². The number of carbonyl (C=O) groups is 1. The minimum absolute atomic E-state index is 0.0163. The Morgan fingerprint density at radius 1 is 1.43 bits per heavy atom. The second-order valence-corrected chi connectivity index (χ2v) is 7.76. The molecule has 0 saturated heterocycles. The summed E-state index contributed by atoms with van der Waals surface area (Å²) in [5.74, 6) is -0.0477. The minimum atomic E-state index is -3.44. The quantitative estimate of drug-likeness (QED) is 0.659. The summed E-state index contributed by atoms with van der Waals surface area (Å²) in [5.41, 5.74) is 5.66. The number of nitrogens with zero attached hydrogens (tertiary/aromatic N) is 1. The summed E-state index contributed by atoms with van der Waals surface area (Å²) in [7, 11) is -3.44. The number of nitrogens with two attached hydrogens (primary N) is 1. The zero-order valence-electron chi connectivity index (χ0n) is 12.5. The van der Waals surface area contributed by atoms with Crippen LogP contribution in [0.1, 0.15) is 33.6 Å². The molecule has 0 bridgehead atoms. The van der Waals surface area contributed by atoms with Gasteiger partial charge < -0.3 is 16.4 Å². The topological polar surface area (TPSA) is 114 Å². The number of hydrogen-bond donors (Lipinski definition) is 3. The summed E-state index contributed by atoms with van der Waals surface area (Å²) in [4.78, 5) is 11.6. The highest BCUT2D eigenvalue weighted by atomic mass is 32.2. The van der Waals surface area contributed by atoms with Crippen LogP contribution in [-0.2, 0) is 14.6 Å². The maximum Gasteiger partial charge on any atom is 0.221 e. The smallest absolute Gasteiger partial charge is 0.221 e. The molecule has 9 heteroatoms. The van der Waals surface area contributed by atoms with Crippen molar-refractivity contribution in [2.45, 2.75) is 44.6 Å². The fraction of sp³-hybridized carbons (Fsp3) is 0.667. The van der Waals surface area contributed by atoms with Gasteiger partial charge in [-0.3, -0.25) is 4.79 Å². The van der Waals surface area contributed by atoms with Gasteiger partial charge in [-0.05, 0) is 31.8 Å². The highest BCUT2D eigenvalue weighted by Crippen LogP contribution is 2.32. The van der Waals surface area contributed by atoms with Crippen molar-refractivity contribution >= 4 is 38.1 Å². The molecule has 0 fully saturated rings. The Kier molecular flexibility index (Phi) is 6.41. The molecule has 0 spiro atoms. The fourth-order valence-corrected chi connectivity index (χ4v) is 4.41. The van der Waals surface area contributed by atoms with Gasteiger partial charge in [0.15, 0.2) is 15.7 Å². The highest BCUT2D eigenvalue weighted by Gasteiger charge is 2.24. The van der Waals surface area contributed by atoms with E-state index in [0.29, 0.717) is 18.0 Å². The summed E-state index contributed by atoms with van der Waals surface area (Å²) in [6, 6.07) is 0.0806. The van der Waals surface area contributed by atoms with Crippen LogP contribution in [-0.4, -0.2) is 37.0 Å². The van der Waals surface area contributed by atoms with Gasteiger partial charge in [0, 0.05) is 19.0 Å². The first-order valence-electron chi connectivity index (χ1n) is 6.79. The van der Waals surface area contributed by atoms with Crippen LogP contribution in [0.2, 0.25) is 0 Å². The maximum absolute atomic E-state index is 12.1. The van der Waals surface area contributed by atoms with E-state index in [1.165, 1.54) is 0 Å². The number of nitrogen functional groups attached to an aromatic ring is 1. The molecule has 0 aliphatic carbocycles. The molecule has 1 heterocycles. The highest BCUT2D eigenvalue weighted by molar-refractivity contribution is 7.91. The Bertz CT molecular complexity index is 581. The van der Waals surface area contributed by atoms with Crippen LogP contribution >= 0.6 is 11.5 Å². The standard InChI is InChI=1S/C12H22N4O3S2/c1-4-7-21(18,19)10-11(13)16-20-12(10)14-6-5-9(17)15-8(2)3/h8,14H,4-7H2,1-3H3,(H2,13,16)(H,15,17). The number of hydrogen-bond acceptors (Lipinski definition) is 7. The number of nitrogens with one attached hydrogen (secondary N) is 2. The Balaban J connectivity index is 2.71. The number of anilines is 2. The maximum atomic E-state index is 12.1. The monoisotopic (exact) mass is 334 g/mol. The van der Waals surface area contributed by atoms with Crippen LogP contribution in [0.5, 0.6) is 0 Å². The number of sulfone groups is 1. The summed E-state index contributed by atoms with van der Waals surface area (Å²) in [5, 5.41) is 6.11. The van der Waals surface area contributed by atoms with Crippen molar-refractivity contribution in [3.63, 3.8) is 0 Å². The molecular formula is C12H22N4O3S2. The van der Waals surface area contributed by atoms with Gasteiger partial charge in [0.05, 0.1) is 5.75 Å². The van der Waals surface area contributed by atoms with Crippen molar-refractivity contribution in [3.05, 3.63) is 0 Å². The second-order valence-electron chi connectivity index (χ2n) is 4.94. The number of aromatic nitrogens is 1. The van der Waals surface area contributed by atoms with E-state index in [-0.39, 0.29) is 34.8 Å². The molecule has 1 aromatic heterocycles. The molecule has 0 aromatic carbocycles. The van der Waals surface area contributed by atoms with E-state index in [1.54, 1.807) is 6.92 Å². The van der Waals surface area contributed by atoms with E-state index < -0.39 is 9.84 Å². The van der Waals surface area contributed by atoms with E-state index in [2.05, 4.69) is 15.0 Å². The third-order valence-electron chi connectivity index (χ3n) is 2.55. The van der Waals surface area contributed by atoms with Crippen LogP contribution in [0.15, 0.2) is 4.90 Å². The van der Waals surface area contributed by atoms with Crippen molar-refractivity contribution in [3.8, 4) is 0 Å². The van der Waals surface area contributed by atoms with Crippen LogP contribution in [0.4, 0.5) is 10.8 Å². The first-order chi connectivity index (χ1) is 9.77. The average Bonchev–Trinajstić information content (AvgIpc) is 2.70. The number of carbonyl (C=O) groups excluding carboxylic acids is 1. The zero-order chi connectivity index (χ0) is 16.0. The molecule has 1 aromatic rings. The third-order valence-corrected chi connectivity index (χ3v) is 5.47. The van der Waals surface area contributed by atoms with Gasteiger partial charge in [-0.2, -0.15) is 4.37 Å². The van der Waals surface area contributed by atoms with Crippen LogP contribution in [0, 0.1) is 0 Å². The Hall–Kier alpha value is -1.35. The molecule has 0 unspecified atom stereocenters. The van der Waals surface area contributed by atoms with Crippen LogP contribution < -0.4 is 16.4 Å². The van der Waals surface area contributed by atoms with E-state index in [0.717, 1.165) is 11.5 Å². The molecule has 4 N–H and O–H groups in total. The fourth-order valence-electron chi connectivity index (χ4n) is 1.76. The molecule has 0 aliphatic heterocycles. The Labute approximate surface area is 129 Å². The molecule has 0 atom stereocenters. The van der Waals surface area contributed by atoms with Crippen LogP contribution in [0.25, 0.3) is 0 Å². The van der Waals surface area contributed by atoms with Crippen molar-refractivity contribution in [2.75, 3.05) is 23.3 Å². The number of rotatable bonds is 8. The van der Waals surface area contributed by atoms with Gasteiger partial charge in [0.1, 0.15) is 9.90 Å². The lowest BCUT2D eigenvalue weighted by Gasteiger charge is -2.10. The van der Waals surface area contributed by atoms with Gasteiger partial charge in [0.25, 0.3) is 0 Å². The SMILES string of the molecule is CCCS(=O)(=O)c1c(N)nsc1NCCC(=O)NC(C)C. The summed E-state index contributed by atoms with van der Waals surface area (Å²) in [6.45, 7) is 5.88. The molecule has 0 aliphatic rings. The lowest BCUT2D eigenvalue weighted by atomic mass is 10.3. The van der Waals surface area contributed by atoms with E-state index >= 15 is 0 Å². The molecule has 1 amide bonds. The Morgan fingerprint density at radius 3 is 2.67 bits per heavy atom. The predicted octanol–water partition coefficient (Wildman–Crippen LogP) is 1.24. The van der Waals surface area contributed by atoms with E-state index in [9.17, 15) is 13.2 Å². The number of amides is 1.